The predicted molar refractivity (Wildman–Crippen MR) is 85.1 cm³/mol. The molecule has 6 N–H and O–H groups in total. The fourth-order valence-electron chi connectivity index (χ4n) is 2.26. The Bertz CT molecular complexity index is 734. The summed E-state index contributed by atoms with van der Waals surface area (Å²) in [4.78, 5) is 22.8. The van der Waals surface area contributed by atoms with E-state index in [2.05, 4.69) is 0 Å². The fraction of sp³-hybridized carbons (Fsp3) is 0.125. The van der Waals surface area contributed by atoms with Gasteiger partial charge in [0.15, 0.2) is 11.6 Å². The van der Waals surface area contributed by atoms with E-state index >= 15 is 0 Å². The van der Waals surface area contributed by atoms with Crippen LogP contribution in [0.3, 0.4) is 0 Å². The van der Waals surface area contributed by atoms with Crippen molar-refractivity contribution in [3.05, 3.63) is 41.5 Å². The molecule has 108 valence electrons. The minimum absolute atomic E-state index is 0.0134. The third-order valence-corrected chi connectivity index (χ3v) is 3.39. The first-order chi connectivity index (χ1) is 9.82. The topological polar surface area (TPSA) is 112 Å². The number of anilines is 3. The lowest BCUT2D eigenvalue weighted by Gasteiger charge is -2.14. The molecule has 0 aliphatic carbocycles. The number of nitrogens with two attached hydrogens (primary N) is 3. The van der Waals surface area contributed by atoms with Gasteiger partial charge in [-0.25, -0.2) is 0 Å². The SMILES string of the molecule is CC(=O)c1ccc(-c2cc(N)c(C(C)=O)c(N)c2N)cc1. The molecule has 0 fully saturated rings. The summed E-state index contributed by atoms with van der Waals surface area (Å²) in [6.07, 6.45) is 0. The molecule has 0 unspecified atom stereocenters. The van der Waals surface area contributed by atoms with Gasteiger partial charge < -0.3 is 17.2 Å². The molecular formula is C16H17N3O2. The first-order valence-electron chi connectivity index (χ1n) is 6.42. The number of hydrogen-bond acceptors (Lipinski definition) is 5. The number of ketones is 2. The van der Waals surface area contributed by atoms with Crippen molar-refractivity contribution in [3.63, 3.8) is 0 Å². The van der Waals surface area contributed by atoms with Crippen LogP contribution in [0, 0.1) is 0 Å². The van der Waals surface area contributed by atoms with E-state index < -0.39 is 0 Å². The molecule has 2 aromatic rings. The van der Waals surface area contributed by atoms with Gasteiger partial charge in [0.2, 0.25) is 0 Å². The van der Waals surface area contributed by atoms with Crippen LogP contribution < -0.4 is 17.2 Å². The van der Waals surface area contributed by atoms with Crippen LogP contribution in [-0.2, 0) is 0 Å². The standard InChI is InChI=1S/C16H17N3O2/c1-8(20)10-3-5-11(6-4-10)12-7-13(17)14(9(2)21)16(19)15(12)18/h3-7H,17-19H2,1-2H3. The van der Waals surface area contributed by atoms with Crippen molar-refractivity contribution in [2.75, 3.05) is 17.2 Å². The Hall–Kier alpha value is -2.82. The van der Waals surface area contributed by atoms with Crippen LogP contribution in [0.4, 0.5) is 17.1 Å². The van der Waals surface area contributed by atoms with E-state index in [1.165, 1.54) is 13.8 Å². The number of carbonyl (C=O) groups excluding carboxylic acids is 2. The summed E-state index contributed by atoms with van der Waals surface area (Å²) in [5.41, 5.74) is 20.9. The smallest absolute Gasteiger partial charge is 0.164 e. The van der Waals surface area contributed by atoms with Crippen LogP contribution >= 0.6 is 0 Å². The van der Waals surface area contributed by atoms with Crippen molar-refractivity contribution in [2.45, 2.75) is 13.8 Å². The van der Waals surface area contributed by atoms with Gasteiger partial charge in [-0.15, -0.1) is 0 Å². The summed E-state index contributed by atoms with van der Waals surface area (Å²) in [5.74, 6) is -0.240. The molecular weight excluding hydrogens is 266 g/mol. The van der Waals surface area contributed by atoms with E-state index in [0.717, 1.165) is 5.56 Å². The van der Waals surface area contributed by atoms with Gasteiger partial charge in [-0.2, -0.15) is 0 Å². The van der Waals surface area contributed by atoms with Crippen molar-refractivity contribution >= 4 is 28.6 Å². The quantitative estimate of drug-likeness (QED) is 0.591. The first kappa shape index (κ1) is 14.6. The van der Waals surface area contributed by atoms with Crippen LogP contribution in [0.15, 0.2) is 30.3 Å². The summed E-state index contributed by atoms with van der Waals surface area (Å²) >= 11 is 0. The molecule has 0 saturated carbocycles. The summed E-state index contributed by atoms with van der Waals surface area (Å²) in [6.45, 7) is 2.89. The van der Waals surface area contributed by atoms with Crippen LogP contribution in [0.5, 0.6) is 0 Å². The van der Waals surface area contributed by atoms with Crippen molar-refractivity contribution in [1.82, 2.24) is 0 Å². The highest BCUT2D eigenvalue weighted by Gasteiger charge is 2.16. The largest absolute Gasteiger partial charge is 0.398 e. The van der Waals surface area contributed by atoms with E-state index in [1.807, 2.05) is 0 Å². The zero-order valence-electron chi connectivity index (χ0n) is 11.9. The lowest BCUT2D eigenvalue weighted by atomic mass is 9.96. The van der Waals surface area contributed by atoms with Gasteiger partial charge >= 0.3 is 0 Å². The third-order valence-electron chi connectivity index (χ3n) is 3.39. The highest BCUT2D eigenvalue weighted by molar-refractivity contribution is 6.09. The number of rotatable bonds is 3. The second kappa shape index (κ2) is 5.28. The lowest BCUT2D eigenvalue weighted by molar-refractivity contribution is 0.101. The Morgan fingerprint density at radius 1 is 0.857 bits per heavy atom. The fourth-order valence-corrected chi connectivity index (χ4v) is 2.26. The molecule has 0 saturated heterocycles. The van der Waals surface area contributed by atoms with E-state index in [4.69, 9.17) is 17.2 Å². The molecule has 0 bridgehead atoms. The molecule has 0 heterocycles. The number of carbonyl (C=O) groups is 2. The molecule has 0 aliphatic heterocycles. The number of Topliss-reactive ketones (excluding diaryl/α,β-unsaturated/α-hetero) is 2. The highest BCUT2D eigenvalue weighted by Crippen LogP contribution is 2.36. The third kappa shape index (κ3) is 2.58. The minimum atomic E-state index is -0.227. The maximum atomic E-state index is 11.6. The van der Waals surface area contributed by atoms with Crippen LogP contribution in [-0.4, -0.2) is 11.6 Å². The molecule has 0 aliphatic rings. The molecule has 0 spiro atoms. The second-order valence-corrected chi connectivity index (χ2v) is 4.91. The van der Waals surface area contributed by atoms with Gasteiger partial charge in [-0.1, -0.05) is 24.3 Å². The molecule has 0 atom stereocenters. The summed E-state index contributed by atoms with van der Waals surface area (Å²) < 4.78 is 0. The Morgan fingerprint density at radius 2 is 1.43 bits per heavy atom. The average Bonchev–Trinajstić information content (AvgIpc) is 2.42. The van der Waals surface area contributed by atoms with Gasteiger partial charge in [0.25, 0.3) is 0 Å². The zero-order valence-corrected chi connectivity index (χ0v) is 11.9. The number of hydrogen-bond donors (Lipinski definition) is 3. The monoisotopic (exact) mass is 283 g/mol. The molecule has 2 aromatic carbocycles. The van der Waals surface area contributed by atoms with Crippen LogP contribution in [0.2, 0.25) is 0 Å². The van der Waals surface area contributed by atoms with Crippen molar-refractivity contribution < 1.29 is 9.59 Å². The van der Waals surface area contributed by atoms with Crippen molar-refractivity contribution in [3.8, 4) is 11.1 Å². The molecule has 5 nitrogen and oxygen atoms in total. The summed E-state index contributed by atoms with van der Waals surface area (Å²) in [6, 6.07) is 8.60. The normalized spacial score (nSPS) is 10.4. The maximum absolute atomic E-state index is 11.6. The Labute approximate surface area is 122 Å². The van der Waals surface area contributed by atoms with E-state index in [1.54, 1.807) is 30.3 Å². The van der Waals surface area contributed by atoms with Gasteiger partial charge in [0, 0.05) is 16.8 Å². The van der Waals surface area contributed by atoms with Gasteiger partial charge in [0.05, 0.1) is 16.9 Å². The van der Waals surface area contributed by atoms with Crippen molar-refractivity contribution in [1.29, 1.82) is 0 Å². The summed E-state index contributed by atoms with van der Waals surface area (Å²) in [5, 5.41) is 0. The van der Waals surface area contributed by atoms with Crippen molar-refractivity contribution in [2.24, 2.45) is 0 Å². The molecule has 5 heteroatoms. The molecule has 0 radical (unpaired) electrons. The minimum Gasteiger partial charge on any atom is -0.398 e. The van der Waals surface area contributed by atoms with Crippen LogP contribution in [0.25, 0.3) is 11.1 Å². The number of nitrogen functional groups attached to an aromatic ring is 3. The molecule has 0 amide bonds. The Morgan fingerprint density at radius 3 is 1.90 bits per heavy atom. The van der Waals surface area contributed by atoms with Gasteiger partial charge in [-0.3, -0.25) is 9.59 Å². The van der Waals surface area contributed by atoms with Gasteiger partial charge in [0.1, 0.15) is 0 Å². The van der Waals surface area contributed by atoms with Crippen LogP contribution in [0.1, 0.15) is 34.6 Å². The predicted octanol–water partition coefficient (Wildman–Crippen LogP) is 2.51. The maximum Gasteiger partial charge on any atom is 0.164 e. The van der Waals surface area contributed by atoms with E-state index in [0.29, 0.717) is 22.5 Å². The van der Waals surface area contributed by atoms with E-state index in [-0.39, 0.29) is 22.8 Å². The first-order valence-corrected chi connectivity index (χ1v) is 6.42. The summed E-state index contributed by atoms with van der Waals surface area (Å²) in [7, 11) is 0. The Balaban J connectivity index is 2.60. The second-order valence-electron chi connectivity index (χ2n) is 4.91. The average molecular weight is 283 g/mol. The lowest BCUT2D eigenvalue weighted by Crippen LogP contribution is -2.09. The molecule has 2 rings (SSSR count). The van der Waals surface area contributed by atoms with E-state index in [9.17, 15) is 9.59 Å². The molecule has 21 heavy (non-hydrogen) atoms. The zero-order chi connectivity index (χ0) is 15.7. The Kier molecular flexibility index (Phi) is 3.67. The molecule has 0 aromatic heterocycles. The number of benzene rings is 2. The highest BCUT2D eigenvalue weighted by atomic mass is 16.1. The van der Waals surface area contributed by atoms with Gasteiger partial charge in [-0.05, 0) is 25.5 Å².